The molecule has 2 rings (SSSR count). The van der Waals surface area contributed by atoms with Gasteiger partial charge >= 0.3 is 0 Å². The monoisotopic (exact) mass is 340 g/mol. The van der Waals surface area contributed by atoms with Crippen LogP contribution in [0.1, 0.15) is 15.2 Å². The van der Waals surface area contributed by atoms with E-state index in [0.717, 1.165) is 8.66 Å². The van der Waals surface area contributed by atoms with Crippen LogP contribution < -0.4 is 15.8 Å². The Labute approximate surface area is 123 Å². The van der Waals surface area contributed by atoms with Crippen LogP contribution in [-0.4, -0.2) is 13.0 Å². The summed E-state index contributed by atoms with van der Waals surface area (Å²) in [6.07, 6.45) is 0. The number of hydrogen-bond donors (Lipinski definition) is 2. The molecule has 19 heavy (non-hydrogen) atoms. The molecule has 0 fully saturated rings. The summed E-state index contributed by atoms with van der Waals surface area (Å²) in [5.74, 6) is 0.297. The number of thiophene rings is 1. The number of rotatable bonds is 4. The SMILES string of the molecule is COc1cc(N)ccc1C(=O)NCc1ccc(Br)s1. The van der Waals surface area contributed by atoms with Crippen molar-refractivity contribution in [3.63, 3.8) is 0 Å². The number of benzene rings is 1. The predicted octanol–water partition coefficient (Wildman–Crippen LogP) is 3.03. The standard InChI is InChI=1S/C13H13BrN2O2S/c1-18-11-6-8(15)2-4-10(11)13(17)16-7-9-3-5-12(14)19-9/h2-6H,7,15H2,1H3,(H,16,17). The van der Waals surface area contributed by atoms with Crippen LogP contribution in [0.5, 0.6) is 5.75 Å². The van der Waals surface area contributed by atoms with Gasteiger partial charge in [-0.1, -0.05) is 0 Å². The maximum absolute atomic E-state index is 12.1. The van der Waals surface area contributed by atoms with E-state index in [1.807, 2.05) is 12.1 Å². The van der Waals surface area contributed by atoms with Crippen molar-refractivity contribution in [2.24, 2.45) is 0 Å². The molecule has 100 valence electrons. The Morgan fingerprint density at radius 2 is 2.21 bits per heavy atom. The minimum Gasteiger partial charge on any atom is -0.496 e. The second-order valence-electron chi connectivity index (χ2n) is 3.85. The van der Waals surface area contributed by atoms with E-state index in [1.54, 1.807) is 29.5 Å². The van der Waals surface area contributed by atoms with Gasteiger partial charge in [-0.05, 0) is 40.2 Å². The topological polar surface area (TPSA) is 64.3 Å². The third-order valence-corrected chi connectivity index (χ3v) is 4.15. The number of halogens is 1. The number of hydrogen-bond acceptors (Lipinski definition) is 4. The first-order chi connectivity index (χ1) is 9.10. The second kappa shape index (κ2) is 6.08. The van der Waals surface area contributed by atoms with Gasteiger partial charge in [-0.3, -0.25) is 4.79 Å². The molecule has 0 atom stereocenters. The van der Waals surface area contributed by atoms with E-state index < -0.39 is 0 Å². The average molecular weight is 341 g/mol. The quantitative estimate of drug-likeness (QED) is 0.840. The number of carbonyl (C=O) groups excluding carboxylic acids is 1. The highest BCUT2D eigenvalue weighted by Gasteiger charge is 2.12. The van der Waals surface area contributed by atoms with E-state index in [4.69, 9.17) is 10.5 Å². The Hall–Kier alpha value is -1.53. The Bertz CT molecular complexity index is 598. The van der Waals surface area contributed by atoms with Crippen molar-refractivity contribution in [1.82, 2.24) is 5.32 Å². The molecule has 2 aromatic rings. The smallest absolute Gasteiger partial charge is 0.255 e. The summed E-state index contributed by atoms with van der Waals surface area (Å²) >= 11 is 4.97. The highest BCUT2D eigenvalue weighted by Crippen LogP contribution is 2.23. The Balaban J connectivity index is 2.07. The van der Waals surface area contributed by atoms with Crippen molar-refractivity contribution in [1.29, 1.82) is 0 Å². The number of nitrogens with two attached hydrogens (primary N) is 1. The number of ether oxygens (including phenoxy) is 1. The molecule has 0 aliphatic rings. The van der Waals surface area contributed by atoms with Crippen LogP contribution in [-0.2, 0) is 6.54 Å². The van der Waals surface area contributed by atoms with E-state index >= 15 is 0 Å². The lowest BCUT2D eigenvalue weighted by Gasteiger charge is -2.09. The number of nitrogen functional groups attached to an aromatic ring is 1. The zero-order chi connectivity index (χ0) is 13.8. The average Bonchev–Trinajstić information content (AvgIpc) is 2.81. The van der Waals surface area contributed by atoms with Crippen LogP contribution in [0.15, 0.2) is 34.1 Å². The van der Waals surface area contributed by atoms with E-state index in [2.05, 4.69) is 21.2 Å². The highest BCUT2D eigenvalue weighted by atomic mass is 79.9. The fourth-order valence-corrected chi connectivity index (χ4v) is 3.03. The molecule has 1 aromatic heterocycles. The summed E-state index contributed by atoms with van der Waals surface area (Å²) in [6, 6.07) is 8.90. The Morgan fingerprint density at radius 3 is 2.84 bits per heavy atom. The van der Waals surface area contributed by atoms with Crippen LogP contribution in [0.2, 0.25) is 0 Å². The third kappa shape index (κ3) is 3.48. The number of anilines is 1. The maximum Gasteiger partial charge on any atom is 0.255 e. The molecule has 1 heterocycles. The fraction of sp³-hybridized carbons (Fsp3) is 0.154. The number of amides is 1. The molecule has 4 nitrogen and oxygen atoms in total. The van der Waals surface area contributed by atoms with Gasteiger partial charge in [0.25, 0.3) is 5.91 Å². The van der Waals surface area contributed by atoms with Gasteiger partial charge in [-0.25, -0.2) is 0 Å². The van der Waals surface area contributed by atoms with Crippen LogP contribution in [0.4, 0.5) is 5.69 Å². The van der Waals surface area contributed by atoms with Crippen molar-refractivity contribution < 1.29 is 9.53 Å². The van der Waals surface area contributed by atoms with Crippen LogP contribution >= 0.6 is 27.3 Å². The van der Waals surface area contributed by atoms with E-state index in [0.29, 0.717) is 23.5 Å². The predicted molar refractivity (Wildman–Crippen MR) is 80.6 cm³/mol. The first-order valence-corrected chi connectivity index (χ1v) is 7.17. The number of carbonyl (C=O) groups is 1. The zero-order valence-corrected chi connectivity index (χ0v) is 12.7. The lowest BCUT2D eigenvalue weighted by Crippen LogP contribution is -2.22. The Kier molecular flexibility index (Phi) is 4.44. The first kappa shape index (κ1) is 13.9. The van der Waals surface area contributed by atoms with Crippen molar-refractivity contribution in [2.45, 2.75) is 6.54 Å². The fourth-order valence-electron chi connectivity index (χ4n) is 1.60. The van der Waals surface area contributed by atoms with Gasteiger partial charge in [0.1, 0.15) is 5.75 Å². The molecule has 6 heteroatoms. The van der Waals surface area contributed by atoms with Crippen molar-refractivity contribution in [2.75, 3.05) is 12.8 Å². The minimum atomic E-state index is -0.179. The molecule has 1 aromatic carbocycles. The minimum absolute atomic E-state index is 0.179. The molecule has 0 unspecified atom stereocenters. The molecule has 0 bridgehead atoms. The summed E-state index contributed by atoms with van der Waals surface area (Å²) in [7, 11) is 1.52. The summed E-state index contributed by atoms with van der Waals surface area (Å²) in [5.41, 5.74) is 6.70. The van der Waals surface area contributed by atoms with Gasteiger partial charge < -0.3 is 15.8 Å². The van der Waals surface area contributed by atoms with Crippen molar-refractivity contribution in [3.05, 3.63) is 44.6 Å². The lowest BCUT2D eigenvalue weighted by atomic mass is 10.1. The first-order valence-electron chi connectivity index (χ1n) is 5.56. The summed E-state index contributed by atoms with van der Waals surface area (Å²) < 4.78 is 6.20. The van der Waals surface area contributed by atoms with Crippen molar-refractivity contribution >= 4 is 38.9 Å². The van der Waals surface area contributed by atoms with Crippen LogP contribution in [0, 0.1) is 0 Å². The molecule has 0 saturated heterocycles. The summed E-state index contributed by atoms with van der Waals surface area (Å²) in [6.45, 7) is 0.489. The normalized spacial score (nSPS) is 10.2. The Morgan fingerprint density at radius 1 is 1.42 bits per heavy atom. The molecule has 0 saturated carbocycles. The zero-order valence-electron chi connectivity index (χ0n) is 10.3. The number of methoxy groups -OCH3 is 1. The van der Waals surface area contributed by atoms with Gasteiger partial charge in [-0.2, -0.15) is 0 Å². The van der Waals surface area contributed by atoms with E-state index in [1.165, 1.54) is 7.11 Å². The van der Waals surface area contributed by atoms with Crippen LogP contribution in [0.25, 0.3) is 0 Å². The van der Waals surface area contributed by atoms with Gasteiger partial charge in [0, 0.05) is 16.6 Å². The largest absolute Gasteiger partial charge is 0.496 e. The summed E-state index contributed by atoms with van der Waals surface area (Å²) in [5, 5.41) is 2.85. The highest BCUT2D eigenvalue weighted by molar-refractivity contribution is 9.11. The van der Waals surface area contributed by atoms with Gasteiger partial charge in [-0.15, -0.1) is 11.3 Å². The molecule has 0 spiro atoms. The van der Waals surface area contributed by atoms with Gasteiger partial charge in [0.05, 0.1) is 23.0 Å². The second-order valence-corrected chi connectivity index (χ2v) is 6.40. The van der Waals surface area contributed by atoms with E-state index in [9.17, 15) is 4.79 Å². The molecule has 1 amide bonds. The van der Waals surface area contributed by atoms with Crippen LogP contribution in [0.3, 0.4) is 0 Å². The van der Waals surface area contributed by atoms with Crippen molar-refractivity contribution in [3.8, 4) is 5.75 Å². The van der Waals surface area contributed by atoms with Gasteiger partial charge in [0.15, 0.2) is 0 Å². The lowest BCUT2D eigenvalue weighted by molar-refractivity contribution is 0.0948. The van der Waals surface area contributed by atoms with Gasteiger partial charge in [0.2, 0.25) is 0 Å². The third-order valence-electron chi connectivity index (χ3n) is 2.52. The molecule has 0 radical (unpaired) electrons. The number of nitrogens with one attached hydrogen (secondary N) is 1. The molecule has 0 aliphatic carbocycles. The molecule has 0 aliphatic heterocycles. The molecule has 3 N–H and O–H groups in total. The van der Waals surface area contributed by atoms with E-state index in [-0.39, 0.29) is 5.91 Å². The molecular formula is C13H13BrN2O2S. The maximum atomic E-state index is 12.1. The summed E-state index contributed by atoms with van der Waals surface area (Å²) in [4.78, 5) is 13.2. The molecular weight excluding hydrogens is 328 g/mol.